The highest BCUT2D eigenvalue weighted by atomic mass is 16.5. The first kappa shape index (κ1) is 16.0. The van der Waals surface area contributed by atoms with Gasteiger partial charge in [0.2, 0.25) is 5.91 Å². The van der Waals surface area contributed by atoms with Crippen molar-refractivity contribution in [2.24, 2.45) is 0 Å². The van der Waals surface area contributed by atoms with E-state index in [0.29, 0.717) is 6.54 Å². The fourth-order valence-corrected chi connectivity index (χ4v) is 1.85. The van der Waals surface area contributed by atoms with Crippen molar-refractivity contribution in [3.63, 3.8) is 0 Å². The lowest BCUT2D eigenvalue weighted by Crippen LogP contribution is -2.38. The van der Waals surface area contributed by atoms with E-state index in [-0.39, 0.29) is 12.5 Å². The summed E-state index contributed by atoms with van der Waals surface area (Å²) in [5, 5.41) is 7.10. The summed E-state index contributed by atoms with van der Waals surface area (Å²) in [7, 11) is 2.80. The highest BCUT2D eigenvalue weighted by Gasteiger charge is 2.12. The molecule has 0 radical (unpaired) electrons. The Morgan fingerprint density at radius 2 is 2.15 bits per heavy atom. The van der Waals surface area contributed by atoms with E-state index in [0.717, 1.165) is 24.4 Å². The van der Waals surface area contributed by atoms with Gasteiger partial charge in [0.05, 0.1) is 12.8 Å². The number of carbonyl (C=O) groups is 2. The molecule has 0 atom stereocenters. The van der Waals surface area contributed by atoms with Gasteiger partial charge in [0.15, 0.2) is 0 Å². The molecule has 0 aliphatic rings. The fraction of sp³-hybridized carbons (Fsp3) is 0.615. The molecule has 2 amide bonds. The molecule has 7 heteroatoms. The maximum absolute atomic E-state index is 11.6. The van der Waals surface area contributed by atoms with Crippen molar-refractivity contribution in [1.29, 1.82) is 0 Å². The summed E-state index contributed by atoms with van der Waals surface area (Å²) in [5.74, 6) is -0.203. The van der Waals surface area contributed by atoms with Crippen molar-refractivity contribution in [2.75, 3.05) is 27.2 Å². The minimum Gasteiger partial charge on any atom is -0.453 e. The quantitative estimate of drug-likeness (QED) is 0.779. The molecule has 1 heterocycles. The molecule has 1 aromatic heterocycles. The molecule has 1 N–H and O–H groups in total. The summed E-state index contributed by atoms with van der Waals surface area (Å²) in [5.41, 5.74) is 2.10. The summed E-state index contributed by atoms with van der Waals surface area (Å²) < 4.78 is 6.43. The average Bonchev–Trinajstić information content (AvgIpc) is 2.72. The lowest BCUT2D eigenvalue weighted by molar-refractivity contribution is -0.121. The van der Waals surface area contributed by atoms with Gasteiger partial charge in [-0.25, -0.2) is 4.79 Å². The molecule has 20 heavy (non-hydrogen) atoms. The van der Waals surface area contributed by atoms with Gasteiger partial charge < -0.3 is 15.0 Å². The van der Waals surface area contributed by atoms with Crippen LogP contribution in [0, 0.1) is 13.8 Å². The number of nitrogens with one attached hydrogen (secondary N) is 1. The molecule has 0 saturated heterocycles. The minimum atomic E-state index is -0.525. The summed E-state index contributed by atoms with van der Waals surface area (Å²) in [6.07, 6.45) is 0.262. The largest absolute Gasteiger partial charge is 0.453 e. The zero-order chi connectivity index (χ0) is 15.1. The highest BCUT2D eigenvalue weighted by Crippen LogP contribution is 2.02. The molecule has 112 valence electrons. The van der Waals surface area contributed by atoms with Crippen molar-refractivity contribution in [2.45, 2.75) is 26.8 Å². The number of carbonyl (C=O) groups excluding carboxylic acids is 2. The van der Waals surface area contributed by atoms with Crippen LogP contribution in [0.25, 0.3) is 0 Å². The number of aromatic nitrogens is 2. The summed E-state index contributed by atoms with van der Waals surface area (Å²) in [6.45, 7) is 5.25. The van der Waals surface area contributed by atoms with Gasteiger partial charge in [0.1, 0.15) is 6.54 Å². The molecule has 1 aromatic rings. The predicted octanol–water partition coefficient (Wildman–Crippen LogP) is 0.704. The number of nitrogens with zero attached hydrogens (tertiary/aromatic N) is 3. The van der Waals surface area contributed by atoms with Crippen LogP contribution in [-0.2, 0) is 16.1 Å². The number of hydrogen-bond donors (Lipinski definition) is 1. The van der Waals surface area contributed by atoms with Gasteiger partial charge in [-0.05, 0) is 26.3 Å². The Balaban J connectivity index is 2.22. The third-order valence-electron chi connectivity index (χ3n) is 2.84. The van der Waals surface area contributed by atoms with Crippen molar-refractivity contribution in [1.82, 2.24) is 20.0 Å². The van der Waals surface area contributed by atoms with E-state index in [9.17, 15) is 9.59 Å². The van der Waals surface area contributed by atoms with Crippen molar-refractivity contribution < 1.29 is 14.3 Å². The van der Waals surface area contributed by atoms with Crippen molar-refractivity contribution in [3.05, 3.63) is 17.5 Å². The first-order valence-electron chi connectivity index (χ1n) is 6.51. The number of rotatable bonds is 6. The summed E-state index contributed by atoms with van der Waals surface area (Å²) in [4.78, 5) is 23.9. The maximum atomic E-state index is 11.6. The Bertz CT molecular complexity index is 470. The number of methoxy groups -OCH3 is 1. The molecule has 1 rings (SSSR count). The molecule has 0 aliphatic heterocycles. The number of amides is 2. The number of hydrogen-bond acceptors (Lipinski definition) is 4. The summed E-state index contributed by atoms with van der Waals surface area (Å²) in [6, 6.07) is 2.02. The monoisotopic (exact) mass is 282 g/mol. The van der Waals surface area contributed by atoms with Gasteiger partial charge >= 0.3 is 6.09 Å². The van der Waals surface area contributed by atoms with Gasteiger partial charge in [-0.15, -0.1) is 0 Å². The highest BCUT2D eigenvalue weighted by molar-refractivity contribution is 5.81. The zero-order valence-electron chi connectivity index (χ0n) is 12.5. The van der Waals surface area contributed by atoms with Crippen LogP contribution in [0.15, 0.2) is 6.07 Å². The van der Waals surface area contributed by atoms with Crippen LogP contribution in [-0.4, -0.2) is 53.9 Å². The zero-order valence-corrected chi connectivity index (χ0v) is 12.5. The van der Waals surface area contributed by atoms with Crippen molar-refractivity contribution in [3.8, 4) is 0 Å². The van der Waals surface area contributed by atoms with Crippen LogP contribution in [0.3, 0.4) is 0 Å². The molecular formula is C13H22N4O3. The van der Waals surface area contributed by atoms with Crippen LogP contribution in [0.4, 0.5) is 4.79 Å². The topological polar surface area (TPSA) is 76.5 Å². The Hall–Kier alpha value is -2.05. The Labute approximate surface area is 118 Å². The standard InChI is InChI=1S/C13H22N4O3/c1-10-8-11(2)17(15-10)7-5-6-14-12(18)9-16(3)13(19)20-4/h8H,5-7,9H2,1-4H3,(H,14,18). The third-order valence-corrected chi connectivity index (χ3v) is 2.84. The molecule has 0 fully saturated rings. The third kappa shape index (κ3) is 4.91. The predicted molar refractivity (Wildman–Crippen MR) is 74.4 cm³/mol. The van der Waals surface area contributed by atoms with Crippen LogP contribution in [0.2, 0.25) is 0 Å². The number of likely N-dealkylation sites (N-methyl/N-ethyl adjacent to an activating group) is 1. The molecule has 0 bridgehead atoms. The number of ether oxygens (including phenoxy) is 1. The Kier molecular flexibility index (Phi) is 6.02. The van der Waals surface area contributed by atoms with E-state index < -0.39 is 6.09 Å². The molecule has 0 saturated carbocycles. The second kappa shape index (κ2) is 7.52. The molecule has 0 aliphatic carbocycles. The van der Waals surface area contributed by atoms with Crippen LogP contribution in [0.1, 0.15) is 17.8 Å². The van der Waals surface area contributed by atoms with E-state index in [1.807, 2.05) is 24.6 Å². The molecule has 0 unspecified atom stereocenters. The lowest BCUT2D eigenvalue weighted by atomic mass is 10.3. The van der Waals surface area contributed by atoms with E-state index >= 15 is 0 Å². The van der Waals surface area contributed by atoms with Gasteiger partial charge in [0.25, 0.3) is 0 Å². The van der Waals surface area contributed by atoms with E-state index in [2.05, 4.69) is 15.2 Å². The number of aryl methyl sites for hydroxylation is 3. The summed E-state index contributed by atoms with van der Waals surface area (Å²) >= 11 is 0. The lowest BCUT2D eigenvalue weighted by Gasteiger charge is -2.14. The van der Waals surface area contributed by atoms with Crippen LogP contribution < -0.4 is 5.32 Å². The second-order valence-corrected chi connectivity index (χ2v) is 4.68. The van der Waals surface area contributed by atoms with E-state index in [1.54, 1.807) is 0 Å². The van der Waals surface area contributed by atoms with Gasteiger partial charge in [0, 0.05) is 25.8 Å². The van der Waals surface area contributed by atoms with E-state index in [1.165, 1.54) is 19.1 Å². The minimum absolute atomic E-state index is 0.00736. The van der Waals surface area contributed by atoms with Gasteiger partial charge in [-0.3, -0.25) is 9.48 Å². The first-order valence-corrected chi connectivity index (χ1v) is 6.51. The van der Waals surface area contributed by atoms with Crippen LogP contribution >= 0.6 is 0 Å². The van der Waals surface area contributed by atoms with Gasteiger partial charge in [-0.2, -0.15) is 5.10 Å². The van der Waals surface area contributed by atoms with Crippen LogP contribution in [0.5, 0.6) is 0 Å². The fourth-order valence-electron chi connectivity index (χ4n) is 1.85. The SMILES string of the molecule is COC(=O)N(C)CC(=O)NCCCn1nc(C)cc1C. The molecule has 0 spiro atoms. The molecule has 7 nitrogen and oxygen atoms in total. The molecule has 0 aromatic carbocycles. The van der Waals surface area contributed by atoms with Gasteiger partial charge in [-0.1, -0.05) is 0 Å². The molecular weight excluding hydrogens is 260 g/mol. The Morgan fingerprint density at radius 1 is 1.45 bits per heavy atom. The normalized spacial score (nSPS) is 10.2. The Morgan fingerprint density at radius 3 is 2.70 bits per heavy atom. The smallest absolute Gasteiger partial charge is 0.409 e. The van der Waals surface area contributed by atoms with Crippen molar-refractivity contribution >= 4 is 12.0 Å². The van der Waals surface area contributed by atoms with E-state index in [4.69, 9.17) is 0 Å². The maximum Gasteiger partial charge on any atom is 0.409 e. The first-order chi connectivity index (χ1) is 9.43. The average molecular weight is 282 g/mol. The second-order valence-electron chi connectivity index (χ2n) is 4.68.